The van der Waals surface area contributed by atoms with Crippen molar-refractivity contribution in [1.82, 2.24) is 14.9 Å². The van der Waals surface area contributed by atoms with Crippen LogP contribution in [0.25, 0.3) is 10.9 Å². The van der Waals surface area contributed by atoms with Gasteiger partial charge in [-0.2, -0.15) is 0 Å². The van der Waals surface area contributed by atoms with Crippen LogP contribution in [-0.4, -0.2) is 47.1 Å². The minimum Gasteiger partial charge on any atom is -0.361 e. The molecule has 6 nitrogen and oxygen atoms in total. The third-order valence-electron chi connectivity index (χ3n) is 4.34. The van der Waals surface area contributed by atoms with Crippen molar-refractivity contribution in [3.8, 4) is 0 Å². The number of hydrogen-bond acceptors (Lipinski definition) is 3. The monoisotopic (exact) mass is 321 g/mol. The van der Waals surface area contributed by atoms with Crippen LogP contribution < -0.4 is 10.2 Å². The van der Waals surface area contributed by atoms with Gasteiger partial charge < -0.3 is 20.1 Å². The fraction of sp³-hybridized carbons (Fsp3) is 0.222. The smallest absolute Gasteiger partial charge is 0.321 e. The van der Waals surface area contributed by atoms with Crippen LogP contribution in [0.2, 0.25) is 0 Å². The molecule has 4 rings (SSSR count). The number of hydrogen-bond donors (Lipinski definition) is 2. The molecule has 1 aromatic carbocycles. The van der Waals surface area contributed by atoms with Gasteiger partial charge in [0.15, 0.2) is 0 Å². The summed E-state index contributed by atoms with van der Waals surface area (Å²) >= 11 is 0. The first-order valence-corrected chi connectivity index (χ1v) is 8.09. The molecule has 3 heterocycles. The number of fused-ring (bicyclic) bond motifs is 1. The highest BCUT2D eigenvalue weighted by Gasteiger charge is 2.21. The topological polar surface area (TPSA) is 64.3 Å². The maximum atomic E-state index is 12.5. The molecule has 0 aliphatic carbocycles. The van der Waals surface area contributed by atoms with Gasteiger partial charge >= 0.3 is 6.03 Å². The number of benzene rings is 1. The summed E-state index contributed by atoms with van der Waals surface area (Å²) in [6.07, 6.45) is 3.69. The van der Waals surface area contributed by atoms with Crippen molar-refractivity contribution in [3.63, 3.8) is 0 Å². The molecule has 1 aliphatic rings. The first-order chi connectivity index (χ1) is 11.8. The number of pyridine rings is 1. The molecule has 0 bridgehead atoms. The highest BCUT2D eigenvalue weighted by molar-refractivity contribution is 5.92. The first kappa shape index (κ1) is 14.6. The van der Waals surface area contributed by atoms with Crippen molar-refractivity contribution in [2.45, 2.75) is 0 Å². The van der Waals surface area contributed by atoms with Gasteiger partial charge in [0, 0.05) is 55.2 Å². The van der Waals surface area contributed by atoms with Gasteiger partial charge in [0.2, 0.25) is 0 Å². The number of piperazine rings is 1. The molecule has 1 aliphatic heterocycles. The Labute approximate surface area is 140 Å². The van der Waals surface area contributed by atoms with E-state index in [0.29, 0.717) is 13.1 Å². The van der Waals surface area contributed by atoms with Crippen LogP contribution in [0.4, 0.5) is 16.3 Å². The normalized spacial score (nSPS) is 14.8. The summed E-state index contributed by atoms with van der Waals surface area (Å²) < 4.78 is 0. The first-order valence-electron chi connectivity index (χ1n) is 8.09. The van der Waals surface area contributed by atoms with Crippen LogP contribution in [0, 0.1) is 0 Å². The number of amides is 2. The summed E-state index contributed by atoms with van der Waals surface area (Å²) in [6.45, 7) is 2.96. The number of anilines is 2. The van der Waals surface area contributed by atoms with Gasteiger partial charge in [-0.25, -0.2) is 9.78 Å². The van der Waals surface area contributed by atoms with Gasteiger partial charge in [-0.1, -0.05) is 6.07 Å². The third-order valence-corrected chi connectivity index (χ3v) is 4.34. The lowest BCUT2D eigenvalue weighted by Gasteiger charge is -2.35. The lowest BCUT2D eigenvalue weighted by atomic mass is 10.2. The molecular formula is C18H19N5O. The summed E-state index contributed by atoms with van der Waals surface area (Å²) in [5, 5.41) is 4.08. The molecule has 0 saturated carbocycles. The van der Waals surface area contributed by atoms with E-state index in [2.05, 4.69) is 20.2 Å². The standard InChI is InChI=1S/C18H19N5O/c24-18(21-15-4-5-16-14(13-15)6-8-19-16)23-11-9-22(10-12-23)17-3-1-2-7-20-17/h1-8,13,19H,9-12H2,(H,21,24). The predicted octanol–water partition coefficient (Wildman–Crippen LogP) is 2.92. The summed E-state index contributed by atoms with van der Waals surface area (Å²) in [5.41, 5.74) is 1.89. The van der Waals surface area contributed by atoms with E-state index in [1.54, 1.807) is 6.20 Å². The Hall–Kier alpha value is -3.02. The van der Waals surface area contributed by atoms with Crippen molar-refractivity contribution in [2.24, 2.45) is 0 Å². The van der Waals surface area contributed by atoms with E-state index in [-0.39, 0.29) is 6.03 Å². The van der Waals surface area contributed by atoms with Crippen LogP contribution >= 0.6 is 0 Å². The Kier molecular flexibility index (Phi) is 3.78. The highest BCUT2D eigenvalue weighted by atomic mass is 16.2. The van der Waals surface area contributed by atoms with E-state index >= 15 is 0 Å². The number of aromatic nitrogens is 2. The van der Waals surface area contributed by atoms with E-state index in [1.165, 1.54) is 0 Å². The number of carbonyl (C=O) groups excluding carboxylic acids is 1. The minimum atomic E-state index is -0.0504. The van der Waals surface area contributed by atoms with Crippen LogP contribution in [0.5, 0.6) is 0 Å². The molecule has 2 amide bonds. The van der Waals surface area contributed by atoms with Crippen LogP contribution in [0.15, 0.2) is 54.9 Å². The molecule has 3 aromatic rings. The zero-order valence-corrected chi connectivity index (χ0v) is 13.3. The molecule has 0 unspecified atom stereocenters. The van der Waals surface area contributed by atoms with Gasteiger partial charge in [-0.05, 0) is 36.4 Å². The molecule has 2 N–H and O–H groups in total. The summed E-state index contributed by atoms with van der Waals surface area (Å²) in [6, 6.07) is 13.7. The summed E-state index contributed by atoms with van der Waals surface area (Å²) in [5.74, 6) is 0.968. The van der Waals surface area contributed by atoms with E-state index in [9.17, 15) is 4.79 Å². The second-order valence-electron chi connectivity index (χ2n) is 5.87. The summed E-state index contributed by atoms with van der Waals surface area (Å²) in [4.78, 5) is 24.0. The third kappa shape index (κ3) is 2.90. The molecule has 2 aromatic heterocycles. The van der Waals surface area contributed by atoms with E-state index in [0.717, 1.165) is 35.5 Å². The van der Waals surface area contributed by atoms with Gasteiger partial charge in [0.05, 0.1) is 0 Å². The molecule has 0 spiro atoms. The van der Waals surface area contributed by atoms with E-state index in [4.69, 9.17) is 0 Å². The quantitative estimate of drug-likeness (QED) is 0.763. The Morgan fingerprint density at radius 1 is 1.08 bits per heavy atom. The van der Waals surface area contributed by atoms with Crippen molar-refractivity contribution >= 4 is 28.4 Å². The molecular weight excluding hydrogens is 302 g/mol. The average molecular weight is 321 g/mol. The largest absolute Gasteiger partial charge is 0.361 e. The number of urea groups is 1. The predicted molar refractivity (Wildman–Crippen MR) is 95.3 cm³/mol. The van der Waals surface area contributed by atoms with E-state index in [1.807, 2.05) is 53.6 Å². The number of nitrogens with one attached hydrogen (secondary N) is 2. The molecule has 24 heavy (non-hydrogen) atoms. The second-order valence-corrected chi connectivity index (χ2v) is 5.87. The Morgan fingerprint density at radius 2 is 1.96 bits per heavy atom. The van der Waals surface area contributed by atoms with Crippen LogP contribution in [-0.2, 0) is 0 Å². The zero-order chi connectivity index (χ0) is 16.4. The number of carbonyl (C=O) groups is 1. The zero-order valence-electron chi connectivity index (χ0n) is 13.3. The lowest BCUT2D eigenvalue weighted by molar-refractivity contribution is 0.208. The minimum absolute atomic E-state index is 0.0504. The maximum Gasteiger partial charge on any atom is 0.321 e. The van der Waals surface area contributed by atoms with Gasteiger partial charge in [0.25, 0.3) is 0 Å². The van der Waals surface area contributed by atoms with Crippen molar-refractivity contribution in [1.29, 1.82) is 0 Å². The highest BCUT2D eigenvalue weighted by Crippen LogP contribution is 2.19. The number of H-pyrrole nitrogens is 1. The molecule has 122 valence electrons. The summed E-state index contributed by atoms with van der Waals surface area (Å²) in [7, 11) is 0. The maximum absolute atomic E-state index is 12.5. The fourth-order valence-electron chi connectivity index (χ4n) is 3.01. The molecule has 1 fully saturated rings. The van der Waals surface area contributed by atoms with Crippen LogP contribution in [0.3, 0.4) is 0 Å². The molecule has 0 atom stereocenters. The Balaban J connectivity index is 1.37. The fourth-order valence-corrected chi connectivity index (χ4v) is 3.01. The number of nitrogens with zero attached hydrogens (tertiary/aromatic N) is 3. The Bertz CT molecular complexity index is 837. The molecule has 0 radical (unpaired) electrons. The lowest BCUT2D eigenvalue weighted by Crippen LogP contribution is -2.50. The van der Waals surface area contributed by atoms with E-state index < -0.39 is 0 Å². The van der Waals surface area contributed by atoms with Crippen molar-refractivity contribution in [3.05, 3.63) is 54.9 Å². The second kappa shape index (κ2) is 6.23. The van der Waals surface area contributed by atoms with Gasteiger partial charge in [-0.3, -0.25) is 0 Å². The van der Waals surface area contributed by atoms with Crippen LogP contribution in [0.1, 0.15) is 0 Å². The molecule has 6 heteroatoms. The molecule has 1 saturated heterocycles. The number of rotatable bonds is 2. The Morgan fingerprint density at radius 3 is 2.75 bits per heavy atom. The van der Waals surface area contributed by atoms with Crippen molar-refractivity contribution in [2.75, 3.05) is 36.4 Å². The average Bonchev–Trinajstić information content (AvgIpc) is 3.10. The van der Waals surface area contributed by atoms with Gasteiger partial charge in [0.1, 0.15) is 5.82 Å². The SMILES string of the molecule is O=C(Nc1ccc2[nH]ccc2c1)N1CCN(c2ccccn2)CC1. The number of aromatic amines is 1. The van der Waals surface area contributed by atoms with Gasteiger partial charge in [-0.15, -0.1) is 0 Å². The van der Waals surface area contributed by atoms with Crippen molar-refractivity contribution < 1.29 is 4.79 Å².